The quantitative estimate of drug-likeness (QED) is 0.782. The van der Waals surface area contributed by atoms with E-state index in [-0.39, 0.29) is 29.1 Å². The molecule has 7 heteroatoms. The Kier molecular flexibility index (Phi) is 5.34. The fourth-order valence-corrected chi connectivity index (χ4v) is 5.99. The smallest absolute Gasteiger partial charge is 0.264 e. The summed E-state index contributed by atoms with van der Waals surface area (Å²) in [6.07, 6.45) is 4.46. The molecule has 4 rings (SSSR count). The van der Waals surface area contributed by atoms with Crippen LogP contribution in [0.3, 0.4) is 0 Å². The first-order valence-corrected chi connectivity index (χ1v) is 11.4. The van der Waals surface area contributed by atoms with Gasteiger partial charge in [-0.05, 0) is 74.4 Å². The van der Waals surface area contributed by atoms with Gasteiger partial charge in [-0.15, -0.1) is 0 Å². The number of carbonyl (C=O) groups excluding carboxylic acids is 1. The lowest BCUT2D eigenvalue weighted by atomic mass is 9.95. The third-order valence-electron chi connectivity index (χ3n) is 6.10. The molecule has 2 aromatic carbocycles. The van der Waals surface area contributed by atoms with Crippen LogP contribution in [0, 0.1) is 24.6 Å². The first-order valence-electron chi connectivity index (χ1n) is 9.97. The number of amides is 1. The Labute approximate surface area is 171 Å². The highest BCUT2D eigenvalue weighted by atomic mass is 32.2. The first kappa shape index (κ1) is 19.9. The number of halogens is 1. The minimum Gasteiger partial charge on any atom is -0.352 e. The van der Waals surface area contributed by atoms with E-state index in [1.165, 1.54) is 42.8 Å². The van der Waals surface area contributed by atoms with E-state index in [0.717, 1.165) is 29.1 Å². The molecule has 29 heavy (non-hydrogen) atoms. The van der Waals surface area contributed by atoms with Crippen LogP contribution in [0.2, 0.25) is 0 Å². The van der Waals surface area contributed by atoms with Crippen molar-refractivity contribution in [3.63, 3.8) is 0 Å². The van der Waals surface area contributed by atoms with Crippen LogP contribution >= 0.6 is 0 Å². The summed E-state index contributed by atoms with van der Waals surface area (Å²) >= 11 is 0. The van der Waals surface area contributed by atoms with Crippen LogP contribution in [-0.2, 0) is 14.8 Å². The van der Waals surface area contributed by atoms with Gasteiger partial charge in [0, 0.05) is 6.04 Å². The number of rotatable bonds is 6. The molecule has 0 radical (unpaired) electrons. The third kappa shape index (κ3) is 4.15. The number of sulfonamides is 1. The zero-order chi connectivity index (χ0) is 20.6. The van der Waals surface area contributed by atoms with E-state index in [4.69, 9.17) is 0 Å². The van der Waals surface area contributed by atoms with Crippen LogP contribution in [-0.4, -0.2) is 26.9 Å². The van der Waals surface area contributed by atoms with Gasteiger partial charge in [0.15, 0.2) is 0 Å². The molecule has 154 valence electrons. The predicted molar refractivity (Wildman–Crippen MR) is 109 cm³/mol. The number of nitrogens with one attached hydrogen (secondary N) is 1. The average Bonchev–Trinajstić information content (AvgIpc) is 3.30. The Morgan fingerprint density at radius 2 is 1.76 bits per heavy atom. The molecular formula is C22H25FN2O3S. The van der Waals surface area contributed by atoms with Crippen LogP contribution in [0.1, 0.15) is 31.2 Å². The minimum absolute atomic E-state index is 0.0974. The Morgan fingerprint density at radius 3 is 2.34 bits per heavy atom. The van der Waals surface area contributed by atoms with Crippen molar-refractivity contribution in [3.8, 4) is 0 Å². The summed E-state index contributed by atoms with van der Waals surface area (Å²) in [5.41, 5.74) is 1.20. The fraction of sp³-hybridized carbons (Fsp3) is 0.409. The number of fused-ring (bicyclic) bond motifs is 2. The van der Waals surface area contributed by atoms with Gasteiger partial charge < -0.3 is 5.32 Å². The van der Waals surface area contributed by atoms with Crippen LogP contribution in [0.4, 0.5) is 10.1 Å². The number of nitrogens with zero attached hydrogens (tertiary/aromatic N) is 1. The van der Waals surface area contributed by atoms with Crippen molar-refractivity contribution in [3.05, 3.63) is 59.9 Å². The number of benzene rings is 2. The normalized spacial score (nSPS) is 23.2. The van der Waals surface area contributed by atoms with E-state index < -0.39 is 15.8 Å². The molecule has 2 fully saturated rings. The standard InChI is InChI=1S/C22H25FN2O3S/c1-15-2-10-20(11-3-15)29(27,28)25(19-8-6-18(23)7-9-19)14-22(26)24-21-13-16-4-5-17(21)12-16/h2-3,6-11,16-17,21H,4-5,12-14H2,1H3,(H,24,26)/t16-,17-,21+/m1/s1. The lowest BCUT2D eigenvalue weighted by molar-refractivity contribution is -0.120. The Morgan fingerprint density at radius 1 is 1.07 bits per heavy atom. The highest BCUT2D eigenvalue weighted by Crippen LogP contribution is 2.44. The van der Waals surface area contributed by atoms with Crippen molar-refractivity contribution >= 4 is 21.6 Å². The molecule has 0 unspecified atom stereocenters. The molecule has 3 atom stereocenters. The van der Waals surface area contributed by atoms with Crippen LogP contribution < -0.4 is 9.62 Å². The lowest BCUT2D eigenvalue weighted by Crippen LogP contribution is -2.46. The zero-order valence-corrected chi connectivity index (χ0v) is 17.2. The van der Waals surface area contributed by atoms with E-state index in [2.05, 4.69) is 5.32 Å². The van der Waals surface area contributed by atoms with Gasteiger partial charge >= 0.3 is 0 Å². The van der Waals surface area contributed by atoms with Crippen LogP contribution in [0.15, 0.2) is 53.4 Å². The molecule has 2 aliphatic rings. The molecule has 5 nitrogen and oxygen atoms in total. The SMILES string of the molecule is Cc1ccc(S(=O)(=O)N(CC(=O)N[C@H]2C[C@@H]3CC[C@@H]2C3)c2ccc(F)cc2)cc1. The summed E-state index contributed by atoms with van der Waals surface area (Å²) in [6.45, 7) is 1.53. The summed E-state index contributed by atoms with van der Waals surface area (Å²) < 4.78 is 41.0. The van der Waals surface area contributed by atoms with E-state index in [1.54, 1.807) is 12.1 Å². The minimum atomic E-state index is -3.97. The summed E-state index contributed by atoms with van der Waals surface area (Å²) in [7, 11) is -3.97. The lowest BCUT2D eigenvalue weighted by Gasteiger charge is -2.27. The number of anilines is 1. The van der Waals surface area contributed by atoms with E-state index in [1.807, 2.05) is 6.92 Å². The molecule has 2 bridgehead atoms. The van der Waals surface area contributed by atoms with Gasteiger partial charge in [-0.25, -0.2) is 12.8 Å². The van der Waals surface area contributed by atoms with Gasteiger partial charge in [0.2, 0.25) is 5.91 Å². The Hall–Kier alpha value is -2.41. The summed E-state index contributed by atoms with van der Waals surface area (Å²) in [5, 5.41) is 3.04. The molecule has 0 spiro atoms. The Balaban J connectivity index is 1.59. The largest absolute Gasteiger partial charge is 0.352 e. The maximum absolute atomic E-state index is 13.4. The van der Waals surface area contributed by atoms with Crippen molar-refractivity contribution in [2.45, 2.75) is 43.5 Å². The number of carbonyl (C=O) groups is 1. The first-order chi connectivity index (χ1) is 13.8. The highest BCUT2D eigenvalue weighted by molar-refractivity contribution is 7.92. The molecule has 2 saturated carbocycles. The second-order valence-corrected chi connectivity index (χ2v) is 10.0. The molecular weight excluding hydrogens is 391 g/mol. The summed E-state index contributed by atoms with van der Waals surface area (Å²) in [6, 6.07) is 11.7. The highest BCUT2D eigenvalue weighted by Gasteiger charge is 2.40. The van der Waals surface area contributed by atoms with Crippen LogP contribution in [0.5, 0.6) is 0 Å². The van der Waals surface area contributed by atoms with Crippen molar-refractivity contribution in [1.29, 1.82) is 0 Å². The maximum Gasteiger partial charge on any atom is 0.264 e. The van der Waals surface area contributed by atoms with E-state index in [9.17, 15) is 17.6 Å². The summed E-state index contributed by atoms with van der Waals surface area (Å²) in [5.74, 6) is 0.377. The molecule has 0 aliphatic heterocycles. The zero-order valence-electron chi connectivity index (χ0n) is 16.3. The second kappa shape index (κ2) is 7.78. The van der Waals surface area contributed by atoms with Crippen molar-refractivity contribution in [2.24, 2.45) is 11.8 Å². The molecule has 1 amide bonds. The van der Waals surface area contributed by atoms with Crippen molar-refractivity contribution in [1.82, 2.24) is 5.32 Å². The van der Waals surface area contributed by atoms with Gasteiger partial charge in [0.05, 0.1) is 10.6 Å². The number of aryl methyl sites for hydroxylation is 1. The second-order valence-electron chi connectivity index (χ2n) is 8.15. The fourth-order valence-electron chi connectivity index (χ4n) is 4.56. The molecule has 0 saturated heterocycles. The summed E-state index contributed by atoms with van der Waals surface area (Å²) in [4.78, 5) is 12.9. The van der Waals surface area contributed by atoms with E-state index in [0.29, 0.717) is 11.8 Å². The molecule has 0 aromatic heterocycles. The topological polar surface area (TPSA) is 66.5 Å². The van der Waals surface area contributed by atoms with E-state index >= 15 is 0 Å². The van der Waals surface area contributed by atoms with Gasteiger partial charge in [-0.1, -0.05) is 24.1 Å². The monoisotopic (exact) mass is 416 g/mol. The van der Waals surface area contributed by atoms with Crippen molar-refractivity contribution in [2.75, 3.05) is 10.8 Å². The molecule has 2 aromatic rings. The molecule has 0 heterocycles. The Bertz CT molecular complexity index is 990. The number of hydrogen-bond donors (Lipinski definition) is 1. The van der Waals surface area contributed by atoms with Gasteiger partial charge in [0.25, 0.3) is 10.0 Å². The van der Waals surface area contributed by atoms with Gasteiger partial charge in [-0.2, -0.15) is 0 Å². The average molecular weight is 417 g/mol. The van der Waals surface area contributed by atoms with Gasteiger partial charge in [0.1, 0.15) is 12.4 Å². The van der Waals surface area contributed by atoms with Crippen LogP contribution in [0.25, 0.3) is 0 Å². The maximum atomic E-state index is 13.4. The van der Waals surface area contributed by atoms with Gasteiger partial charge in [-0.3, -0.25) is 9.10 Å². The van der Waals surface area contributed by atoms with Crippen molar-refractivity contribution < 1.29 is 17.6 Å². The predicted octanol–water partition coefficient (Wildman–Crippen LogP) is 3.63. The molecule has 2 aliphatic carbocycles. The third-order valence-corrected chi connectivity index (χ3v) is 7.88. The number of hydrogen-bond acceptors (Lipinski definition) is 3. The molecule has 1 N–H and O–H groups in total.